The second-order valence-corrected chi connectivity index (χ2v) is 6.75. The minimum absolute atomic E-state index is 0.0199. The topological polar surface area (TPSA) is 81.0 Å². The molecule has 0 aromatic carbocycles. The van der Waals surface area contributed by atoms with Crippen molar-refractivity contribution in [1.82, 2.24) is 15.0 Å². The van der Waals surface area contributed by atoms with Crippen molar-refractivity contribution in [3.63, 3.8) is 0 Å². The van der Waals surface area contributed by atoms with Crippen LogP contribution in [0.2, 0.25) is 0 Å². The highest BCUT2D eigenvalue weighted by molar-refractivity contribution is 5.46. The zero-order chi connectivity index (χ0) is 20.3. The monoisotopic (exact) mass is 391 g/mol. The van der Waals surface area contributed by atoms with Crippen LogP contribution in [0.15, 0.2) is 24.4 Å². The number of aromatic nitrogens is 3. The lowest BCUT2D eigenvalue weighted by atomic mass is 10.1. The van der Waals surface area contributed by atoms with Crippen molar-refractivity contribution in [2.24, 2.45) is 0 Å². The van der Waals surface area contributed by atoms with E-state index >= 15 is 0 Å². The van der Waals surface area contributed by atoms with Crippen molar-refractivity contribution >= 4 is 17.6 Å². The second kappa shape index (κ2) is 7.88. The van der Waals surface area contributed by atoms with Gasteiger partial charge in [-0.15, -0.1) is 0 Å². The number of hydrogen-bond donors (Lipinski definition) is 1. The first-order chi connectivity index (χ1) is 13.3. The van der Waals surface area contributed by atoms with Gasteiger partial charge in [-0.2, -0.15) is 23.4 Å². The van der Waals surface area contributed by atoms with Crippen molar-refractivity contribution in [2.45, 2.75) is 25.1 Å². The van der Waals surface area contributed by atoms with Gasteiger partial charge in [0.2, 0.25) is 5.95 Å². The first kappa shape index (κ1) is 19.7. The average Bonchev–Trinajstić information content (AvgIpc) is 2.68. The standard InChI is InChI=1S/C18H20F3N7/c1-27(2)16-9-14(18(19,20)21)25-17(26-16)24-13-5-7-28(8-6-13)15-4-3-12(10-22)11-23-15/h3-4,9,11,13H,5-8H2,1-2H3,(H,24,25,26). The molecule has 1 fully saturated rings. The molecule has 1 aliphatic heterocycles. The van der Waals surface area contributed by atoms with Crippen LogP contribution in [0.25, 0.3) is 0 Å². The summed E-state index contributed by atoms with van der Waals surface area (Å²) in [5.41, 5.74) is -0.466. The summed E-state index contributed by atoms with van der Waals surface area (Å²) in [7, 11) is 3.27. The first-order valence-corrected chi connectivity index (χ1v) is 8.77. The second-order valence-electron chi connectivity index (χ2n) is 6.75. The van der Waals surface area contributed by atoms with Crippen LogP contribution in [0.1, 0.15) is 24.1 Å². The number of alkyl halides is 3. The molecule has 7 nitrogen and oxygen atoms in total. The Morgan fingerprint density at radius 3 is 2.46 bits per heavy atom. The predicted molar refractivity (Wildman–Crippen MR) is 99.2 cm³/mol. The maximum Gasteiger partial charge on any atom is 0.433 e. The Balaban J connectivity index is 1.67. The molecule has 1 aliphatic rings. The number of hydrogen-bond acceptors (Lipinski definition) is 7. The Labute approximate surface area is 160 Å². The average molecular weight is 391 g/mol. The number of piperidine rings is 1. The largest absolute Gasteiger partial charge is 0.433 e. The third-order valence-corrected chi connectivity index (χ3v) is 4.49. The van der Waals surface area contributed by atoms with E-state index in [0.29, 0.717) is 31.5 Å². The van der Waals surface area contributed by atoms with Crippen LogP contribution in [0.5, 0.6) is 0 Å². The third-order valence-electron chi connectivity index (χ3n) is 4.49. The van der Waals surface area contributed by atoms with E-state index in [4.69, 9.17) is 5.26 Å². The quantitative estimate of drug-likeness (QED) is 0.858. The van der Waals surface area contributed by atoms with Gasteiger partial charge in [0.25, 0.3) is 0 Å². The fraction of sp³-hybridized carbons (Fsp3) is 0.444. The summed E-state index contributed by atoms with van der Waals surface area (Å²) in [6, 6.07) is 6.44. The van der Waals surface area contributed by atoms with Gasteiger partial charge in [-0.1, -0.05) is 0 Å². The smallest absolute Gasteiger partial charge is 0.363 e. The molecule has 0 atom stereocenters. The van der Waals surface area contributed by atoms with Crippen LogP contribution in [-0.2, 0) is 6.18 Å². The Hall–Kier alpha value is -3.09. The Morgan fingerprint density at radius 2 is 1.93 bits per heavy atom. The number of nitrogens with zero attached hydrogens (tertiary/aromatic N) is 6. The molecule has 148 valence electrons. The maximum absolute atomic E-state index is 13.1. The number of anilines is 3. The molecule has 2 aromatic rings. The van der Waals surface area contributed by atoms with Gasteiger partial charge in [-0.05, 0) is 25.0 Å². The van der Waals surface area contributed by atoms with Crippen LogP contribution in [0.4, 0.5) is 30.8 Å². The van der Waals surface area contributed by atoms with Crippen LogP contribution >= 0.6 is 0 Å². The molecule has 0 unspecified atom stereocenters. The van der Waals surface area contributed by atoms with Gasteiger partial charge in [0.15, 0.2) is 5.69 Å². The molecule has 2 aromatic heterocycles. The van der Waals surface area contributed by atoms with Crippen molar-refractivity contribution in [1.29, 1.82) is 5.26 Å². The molecule has 0 radical (unpaired) electrons. The zero-order valence-corrected chi connectivity index (χ0v) is 15.5. The molecule has 0 saturated carbocycles. The van der Waals surface area contributed by atoms with Crippen molar-refractivity contribution in [3.05, 3.63) is 35.7 Å². The lowest BCUT2D eigenvalue weighted by molar-refractivity contribution is -0.141. The van der Waals surface area contributed by atoms with E-state index in [-0.39, 0.29) is 17.8 Å². The van der Waals surface area contributed by atoms with Crippen LogP contribution in [-0.4, -0.2) is 48.2 Å². The molecular weight excluding hydrogens is 371 g/mol. The van der Waals surface area contributed by atoms with E-state index in [1.807, 2.05) is 6.07 Å². The summed E-state index contributed by atoms with van der Waals surface area (Å²) in [5.74, 6) is 0.958. The van der Waals surface area contributed by atoms with Gasteiger partial charge in [-0.3, -0.25) is 0 Å². The zero-order valence-electron chi connectivity index (χ0n) is 15.5. The molecule has 10 heteroatoms. The number of halogens is 3. The molecule has 1 saturated heterocycles. The molecule has 0 amide bonds. The van der Waals surface area contributed by atoms with Crippen molar-refractivity contribution in [2.75, 3.05) is 42.3 Å². The van der Waals surface area contributed by atoms with E-state index in [9.17, 15) is 13.2 Å². The molecule has 28 heavy (non-hydrogen) atoms. The van der Waals surface area contributed by atoms with Gasteiger partial charge in [-0.25, -0.2) is 9.97 Å². The lowest BCUT2D eigenvalue weighted by Gasteiger charge is -2.33. The minimum Gasteiger partial charge on any atom is -0.363 e. The van der Waals surface area contributed by atoms with E-state index < -0.39 is 11.9 Å². The Bertz CT molecular complexity index is 851. The number of nitrogens with one attached hydrogen (secondary N) is 1. The van der Waals surface area contributed by atoms with E-state index in [1.165, 1.54) is 11.1 Å². The predicted octanol–water partition coefficient (Wildman–Crippen LogP) is 2.91. The van der Waals surface area contributed by atoms with Gasteiger partial charge >= 0.3 is 6.18 Å². The minimum atomic E-state index is -4.53. The van der Waals surface area contributed by atoms with Crippen LogP contribution < -0.4 is 15.1 Å². The highest BCUT2D eigenvalue weighted by atomic mass is 19.4. The number of nitriles is 1. The van der Waals surface area contributed by atoms with Crippen molar-refractivity contribution < 1.29 is 13.2 Å². The summed E-state index contributed by atoms with van der Waals surface area (Å²) in [6.07, 6.45) is -1.59. The lowest BCUT2D eigenvalue weighted by Crippen LogP contribution is -2.40. The number of pyridine rings is 1. The molecule has 0 spiro atoms. The van der Waals surface area contributed by atoms with Gasteiger partial charge < -0.3 is 15.1 Å². The first-order valence-electron chi connectivity index (χ1n) is 8.77. The molecule has 3 rings (SSSR count). The maximum atomic E-state index is 13.1. The molecular formula is C18H20F3N7. The summed E-state index contributed by atoms with van der Waals surface area (Å²) in [4.78, 5) is 15.7. The molecule has 1 N–H and O–H groups in total. The normalized spacial score (nSPS) is 15.2. The summed E-state index contributed by atoms with van der Waals surface area (Å²) >= 11 is 0. The van der Waals surface area contributed by atoms with Crippen LogP contribution in [0.3, 0.4) is 0 Å². The van der Waals surface area contributed by atoms with Gasteiger partial charge in [0, 0.05) is 45.5 Å². The van der Waals surface area contributed by atoms with Gasteiger partial charge in [0.1, 0.15) is 17.7 Å². The van der Waals surface area contributed by atoms with E-state index in [2.05, 4.69) is 25.2 Å². The fourth-order valence-electron chi connectivity index (χ4n) is 2.95. The summed E-state index contributed by atoms with van der Waals surface area (Å²) < 4.78 is 39.3. The number of rotatable bonds is 4. The highest BCUT2D eigenvalue weighted by Crippen LogP contribution is 2.30. The highest BCUT2D eigenvalue weighted by Gasteiger charge is 2.34. The molecule has 0 aliphatic carbocycles. The third kappa shape index (κ3) is 4.60. The molecule has 0 bridgehead atoms. The van der Waals surface area contributed by atoms with Crippen LogP contribution in [0, 0.1) is 11.3 Å². The summed E-state index contributed by atoms with van der Waals surface area (Å²) in [6.45, 7) is 1.38. The Morgan fingerprint density at radius 1 is 1.21 bits per heavy atom. The van der Waals surface area contributed by atoms with Crippen molar-refractivity contribution in [3.8, 4) is 6.07 Å². The van der Waals surface area contributed by atoms with E-state index in [1.54, 1.807) is 26.2 Å². The fourth-order valence-corrected chi connectivity index (χ4v) is 2.95. The van der Waals surface area contributed by atoms with E-state index in [0.717, 1.165) is 11.9 Å². The Kier molecular flexibility index (Phi) is 5.53. The summed E-state index contributed by atoms with van der Waals surface area (Å²) in [5, 5.41) is 11.9. The van der Waals surface area contributed by atoms with Gasteiger partial charge in [0.05, 0.1) is 5.56 Å². The molecule has 3 heterocycles. The SMILES string of the molecule is CN(C)c1cc(C(F)(F)F)nc(NC2CCN(c3ccc(C#N)cn3)CC2)n1.